The minimum absolute atomic E-state index is 0.0648. The highest BCUT2D eigenvalue weighted by molar-refractivity contribution is 7.05. The van der Waals surface area contributed by atoms with Gasteiger partial charge in [0.25, 0.3) is 0 Å². The van der Waals surface area contributed by atoms with Crippen molar-refractivity contribution in [3.05, 3.63) is 40.2 Å². The van der Waals surface area contributed by atoms with Crippen LogP contribution >= 0.6 is 11.5 Å². The molecule has 22 heavy (non-hydrogen) atoms. The Hall–Kier alpha value is -2.02. The van der Waals surface area contributed by atoms with Crippen LogP contribution in [0.5, 0.6) is 0 Å². The van der Waals surface area contributed by atoms with Crippen molar-refractivity contribution in [2.75, 3.05) is 7.05 Å². The summed E-state index contributed by atoms with van der Waals surface area (Å²) in [7, 11) is 1.80. The van der Waals surface area contributed by atoms with Gasteiger partial charge in [0, 0.05) is 31.4 Å². The van der Waals surface area contributed by atoms with Gasteiger partial charge in [-0.05, 0) is 50.0 Å². The second-order valence-electron chi connectivity index (χ2n) is 5.43. The van der Waals surface area contributed by atoms with Crippen LogP contribution in [-0.4, -0.2) is 38.6 Å². The van der Waals surface area contributed by atoms with E-state index in [1.807, 2.05) is 26.8 Å². The minimum atomic E-state index is -0.104. The van der Waals surface area contributed by atoms with Gasteiger partial charge in [0.1, 0.15) is 0 Å². The van der Waals surface area contributed by atoms with Crippen LogP contribution in [0, 0.1) is 13.8 Å². The van der Waals surface area contributed by atoms with Crippen molar-refractivity contribution in [3.63, 3.8) is 0 Å². The van der Waals surface area contributed by atoms with E-state index in [0.717, 1.165) is 22.7 Å². The molecular formula is C15H21N5OS. The van der Waals surface area contributed by atoms with Gasteiger partial charge in [-0.3, -0.25) is 4.98 Å². The summed E-state index contributed by atoms with van der Waals surface area (Å²) in [6.45, 7) is 6.41. The predicted octanol–water partition coefficient (Wildman–Crippen LogP) is 2.32. The van der Waals surface area contributed by atoms with Crippen LogP contribution in [0.2, 0.25) is 0 Å². The Balaban J connectivity index is 1.88. The summed E-state index contributed by atoms with van der Waals surface area (Å²) >= 11 is 1.31. The molecule has 0 aliphatic rings. The molecule has 0 fully saturated rings. The number of hydrogen-bond acceptors (Lipinski definition) is 5. The molecule has 0 aliphatic heterocycles. The third kappa shape index (κ3) is 4.24. The average molecular weight is 319 g/mol. The van der Waals surface area contributed by atoms with Crippen molar-refractivity contribution in [1.29, 1.82) is 0 Å². The highest BCUT2D eigenvalue weighted by Gasteiger charge is 2.17. The molecule has 0 unspecified atom stereocenters. The number of hydrogen-bond donors (Lipinski definition) is 1. The molecule has 2 aromatic heterocycles. The molecule has 0 radical (unpaired) electrons. The Kier molecular flexibility index (Phi) is 5.43. The van der Waals surface area contributed by atoms with Crippen molar-refractivity contribution in [2.45, 2.75) is 39.8 Å². The van der Waals surface area contributed by atoms with Gasteiger partial charge in [0.05, 0.1) is 17.1 Å². The smallest absolute Gasteiger partial charge is 0.317 e. The fourth-order valence-corrected chi connectivity index (χ4v) is 2.62. The summed E-state index contributed by atoms with van der Waals surface area (Å²) in [6, 6.07) is 3.98. The lowest BCUT2D eigenvalue weighted by atomic mass is 10.1. The number of urea groups is 1. The number of nitrogens with one attached hydrogen (secondary N) is 1. The summed E-state index contributed by atoms with van der Waals surface area (Å²) in [5.41, 5.74) is 3.04. The minimum Gasteiger partial charge on any atom is -0.333 e. The van der Waals surface area contributed by atoms with Crippen LogP contribution in [0.4, 0.5) is 4.79 Å². The van der Waals surface area contributed by atoms with Gasteiger partial charge in [0.2, 0.25) is 0 Å². The van der Waals surface area contributed by atoms with Crippen LogP contribution in [0.3, 0.4) is 0 Å². The number of amides is 2. The molecule has 2 heterocycles. The van der Waals surface area contributed by atoms with Crippen LogP contribution in [-0.2, 0) is 13.0 Å². The Morgan fingerprint density at radius 3 is 2.86 bits per heavy atom. The third-order valence-electron chi connectivity index (χ3n) is 3.60. The number of aryl methyl sites for hydroxylation is 2. The zero-order valence-corrected chi connectivity index (χ0v) is 14.1. The van der Waals surface area contributed by atoms with E-state index in [4.69, 9.17) is 0 Å². The quantitative estimate of drug-likeness (QED) is 0.918. The normalized spacial score (nSPS) is 12.0. The van der Waals surface area contributed by atoms with E-state index in [1.165, 1.54) is 17.1 Å². The summed E-state index contributed by atoms with van der Waals surface area (Å²) in [5.74, 6) is 0. The molecule has 1 atom stereocenters. The Morgan fingerprint density at radius 1 is 1.45 bits per heavy atom. The average Bonchev–Trinajstić information content (AvgIpc) is 2.89. The molecule has 0 bridgehead atoms. The molecule has 2 rings (SSSR count). The summed E-state index contributed by atoms with van der Waals surface area (Å²) in [4.78, 5) is 19.2. The molecule has 2 aromatic rings. The first-order chi connectivity index (χ1) is 10.5. The Labute approximate surface area is 134 Å². The van der Waals surface area contributed by atoms with E-state index < -0.39 is 0 Å². The molecule has 0 saturated heterocycles. The van der Waals surface area contributed by atoms with Gasteiger partial charge >= 0.3 is 6.03 Å². The van der Waals surface area contributed by atoms with Crippen LogP contribution in [0.1, 0.15) is 28.8 Å². The van der Waals surface area contributed by atoms with E-state index in [9.17, 15) is 4.79 Å². The van der Waals surface area contributed by atoms with E-state index >= 15 is 0 Å². The maximum atomic E-state index is 12.2. The number of pyridine rings is 1. The molecule has 0 aromatic carbocycles. The first-order valence-corrected chi connectivity index (χ1v) is 7.94. The third-order valence-corrected chi connectivity index (χ3v) is 4.43. The van der Waals surface area contributed by atoms with Crippen molar-refractivity contribution in [2.24, 2.45) is 0 Å². The molecule has 0 saturated carbocycles. The molecule has 7 heteroatoms. The molecule has 2 amide bonds. The van der Waals surface area contributed by atoms with Gasteiger partial charge in [-0.2, -0.15) is 0 Å². The number of nitrogens with zero attached hydrogens (tertiary/aromatic N) is 4. The SMILES string of the molecule is Cc1ccnc(C[C@@H](C)N(C)C(=O)NCc2snnc2C)c1. The van der Waals surface area contributed by atoms with Crippen molar-refractivity contribution in [3.8, 4) is 0 Å². The molecular weight excluding hydrogens is 298 g/mol. The molecule has 0 aliphatic carbocycles. The number of carbonyl (C=O) groups is 1. The van der Waals surface area contributed by atoms with Gasteiger partial charge in [-0.25, -0.2) is 4.79 Å². The standard InChI is InChI=1S/C15H21N5OS/c1-10-5-6-16-13(7-10)8-11(2)20(4)15(21)17-9-14-12(3)18-19-22-14/h5-7,11H,8-9H2,1-4H3,(H,17,21)/t11-/m1/s1. The predicted molar refractivity (Wildman–Crippen MR) is 86.8 cm³/mol. The number of rotatable bonds is 5. The molecule has 118 valence electrons. The molecule has 1 N–H and O–H groups in total. The van der Waals surface area contributed by atoms with Crippen LogP contribution in [0.25, 0.3) is 0 Å². The summed E-state index contributed by atoms with van der Waals surface area (Å²) in [6.07, 6.45) is 2.53. The lowest BCUT2D eigenvalue weighted by Gasteiger charge is -2.25. The maximum Gasteiger partial charge on any atom is 0.317 e. The van der Waals surface area contributed by atoms with Crippen LogP contribution < -0.4 is 5.32 Å². The monoisotopic (exact) mass is 319 g/mol. The van der Waals surface area contributed by atoms with Crippen LogP contribution in [0.15, 0.2) is 18.3 Å². The van der Waals surface area contributed by atoms with Crippen molar-refractivity contribution in [1.82, 2.24) is 24.8 Å². The number of aromatic nitrogens is 3. The van der Waals surface area contributed by atoms with E-state index in [2.05, 4.69) is 26.0 Å². The maximum absolute atomic E-state index is 12.2. The zero-order chi connectivity index (χ0) is 16.1. The van der Waals surface area contributed by atoms with Crippen molar-refractivity contribution < 1.29 is 4.79 Å². The van der Waals surface area contributed by atoms with Gasteiger partial charge in [-0.15, -0.1) is 5.10 Å². The topological polar surface area (TPSA) is 71.0 Å². The Bertz CT molecular complexity index is 642. The second-order valence-corrected chi connectivity index (χ2v) is 6.27. The Morgan fingerprint density at radius 2 is 2.23 bits per heavy atom. The zero-order valence-electron chi connectivity index (χ0n) is 13.3. The highest BCUT2D eigenvalue weighted by Crippen LogP contribution is 2.10. The van der Waals surface area contributed by atoms with Gasteiger partial charge in [0.15, 0.2) is 0 Å². The number of likely N-dealkylation sites (N-methyl/N-ethyl adjacent to an activating group) is 1. The largest absolute Gasteiger partial charge is 0.333 e. The summed E-state index contributed by atoms with van der Waals surface area (Å²) in [5, 5.41) is 6.83. The lowest BCUT2D eigenvalue weighted by molar-refractivity contribution is 0.193. The second kappa shape index (κ2) is 7.31. The van der Waals surface area contributed by atoms with E-state index in [-0.39, 0.29) is 12.1 Å². The summed E-state index contributed by atoms with van der Waals surface area (Å²) < 4.78 is 3.86. The van der Waals surface area contributed by atoms with E-state index in [1.54, 1.807) is 18.1 Å². The molecule has 6 nitrogen and oxygen atoms in total. The fraction of sp³-hybridized carbons (Fsp3) is 0.467. The van der Waals surface area contributed by atoms with Gasteiger partial charge < -0.3 is 10.2 Å². The first kappa shape index (κ1) is 16.4. The highest BCUT2D eigenvalue weighted by atomic mass is 32.1. The lowest BCUT2D eigenvalue weighted by Crippen LogP contribution is -2.43. The molecule has 0 spiro atoms. The van der Waals surface area contributed by atoms with Crippen molar-refractivity contribution >= 4 is 17.6 Å². The fourth-order valence-electron chi connectivity index (χ4n) is 2.04. The first-order valence-electron chi connectivity index (χ1n) is 7.17. The van der Waals surface area contributed by atoms with E-state index in [0.29, 0.717) is 6.54 Å². The van der Waals surface area contributed by atoms with Gasteiger partial charge in [-0.1, -0.05) is 4.49 Å². The number of carbonyl (C=O) groups excluding carboxylic acids is 1.